The zero-order chi connectivity index (χ0) is 14.5. The lowest BCUT2D eigenvalue weighted by Gasteiger charge is -2.06. The lowest BCUT2D eigenvalue weighted by Crippen LogP contribution is -1.90. The van der Waals surface area contributed by atoms with Gasteiger partial charge in [-0.3, -0.25) is 10.1 Å². The maximum Gasteiger partial charge on any atom is 0.269 e. The van der Waals surface area contributed by atoms with Gasteiger partial charge in [0.1, 0.15) is 0 Å². The molecular weight excluding hydrogens is 274 g/mol. The van der Waals surface area contributed by atoms with E-state index in [2.05, 4.69) is 0 Å². The second-order valence-corrected chi connectivity index (χ2v) is 5.51. The highest BCUT2D eigenvalue weighted by atomic mass is 32.2. The number of nitro groups is 1. The molecule has 2 aromatic rings. The average Bonchev–Trinajstić information content (AvgIpc) is 2.46. The van der Waals surface area contributed by atoms with E-state index in [0.29, 0.717) is 5.75 Å². The molecule has 0 fully saturated rings. The van der Waals surface area contributed by atoms with Crippen molar-refractivity contribution in [3.8, 4) is 0 Å². The van der Waals surface area contributed by atoms with Gasteiger partial charge in [0.05, 0.1) is 11.0 Å². The van der Waals surface area contributed by atoms with Crippen LogP contribution < -0.4 is 0 Å². The predicted octanol–water partition coefficient (Wildman–Crippen LogP) is 3.94. The van der Waals surface area contributed by atoms with Crippen LogP contribution in [-0.4, -0.2) is 10.0 Å². The van der Waals surface area contributed by atoms with Crippen LogP contribution in [0.2, 0.25) is 0 Å². The van der Waals surface area contributed by atoms with Crippen molar-refractivity contribution in [1.29, 1.82) is 0 Å². The molecule has 2 rings (SSSR count). The van der Waals surface area contributed by atoms with E-state index < -0.39 is 6.10 Å². The molecule has 0 bridgehead atoms. The Hall–Kier alpha value is -1.85. The van der Waals surface area contributed by atoms with Gasteiger partial charge in [-0.05, 0) is 30.2 Å². The number of nitro benzene ring substituents is 1. The molecule has 0 spiro atoms. The third-order valence-corrected chi connectivity index (χ3v) is 3.97. The second-order valence-electron chi connectivity index (χ2n) is 4.46. The first-order valence-electron chi connectivity index (χ1n) is 6.20. The third kappa shape index (κ3) is 3.82. The van der Waals surface area contributed by atoms with Crippen molar-refractivity contribution in [3.05, 3.63) is 69.8 Å². The molecule has 4 nitrogen and oxygen atoms in total. The first-order chi connectivity index (χ1) is 9.56. The molecule has 0 aromatic heterocycles. The van der Waals surface area contributed by atoms with Gasteiger partial charge < -0.3 is 5.11 Å². The summed E-state index contributed by atoms with van der Waals surface area (Å²) in [5, 5.41) is 20.1. The van der Waals surface area contributed by atoms with Gasteiger partial charge in [0.2, 0.25) is 0 Å². The number of aliphatic hydroxyl groups is 1. The van der Waals surface area contributed by atoms with E-state index in [-0.39, 0.29) is 10.6 Å². The molecule has 0 radical (unpaired) electrons. The number of thioether (sulfide) groups is 1. The SMILES string of the molecule is CC(O)c1ccc(SCc2cccc([N+](=O)[O-])c2)cc1. The fourth-order valence-corrected chi connectivity index (χ4v) is 2.61. The Morgan fingerprint density at radius 1 is 1.25 bits per heavy atom. The Morgan fingerprint density at radius 3 is 2.55 bits per heavy atom. The van der Waals surface area contributed by atoms with E-state index in [1.54, 1.807) is 30.8 Å². The molecule has 0 aliphatic rings. The number of aliphatic hydroxyl groups excluding tert-OH is 1. The van der Waals surface area contributed by atoms with Crippen LogP contribution in [0.3, 0.4) is 0 Å². The molecule has 5 heteroatoms. The Balaban J connectivity index is 2.01. The average molecular weight is 289 g/mol. The van der Waals surface area contributed by atoms with E-state index in [0.717, 1.165) is 16.0 Å². The van der Waals surface area contributed by atoms with Crippen LogP contribution in [0, 0.1) is 10.1 Å². The number of nitrogens with zero attached hydrogens (tertiary/aromatic N) is 1. The third-order valence-electron chi connectivity index (χ3n) is 2.89. The van der Waals surface area contributed by atoms with Crippen LogP contribution in [0.4, 0.5) is 5.69 Å². The number of hydrogen-bond donors (Lipinski definition) is 1. The van der Waals surface area contributed by atoms with Crippen molar-refractivity contribution in [2.75, 3.05) is 0 Å². The first kappa shape index (κ1) is 14.6. The summed E-state index contributed by atoms with van der Waals surface area (Å²) in [6.45, 7) is 1.73. The number of benzene rings is 2. The highest BCUT2D eigenvalue weighted by molar-refractivity contribution is 7.98. The summed E-state index contributed by atoms with van der Waals surface area (Å²) in [6, 6.07) is 14.3. The maximum absolute atomic E-state index is 10.7. The van der Waals surface area contributed by atoms with E-state index in [4.69, 9.17) is 0 Å². The number of rotatable bonds is 5. The minimum Gasteiger partial charge on any atom is -0.389 e. The quantitative estimate of drug-likeness (QED) is 0.514. The van der Waals surface area contributed by atoms with E-state index >= 15 is 0 Å². The summed E-state index contributed by atoms with van der Waals surface area (Å²) in [6.07, 6.45) is -0.467. The van der Waals surface area contributed by atoms with E-state index in [1.165, 1.54) is 6.07 Å². The van der Waals surface area contributed by atoms with Crippen LogP contribution in [0.1, 0.15) is 24.2 Å². The standard InChI is InChI=1S/C15H15NO3S/c1-11(17)13-5-7-15(8-6-13)20-10-12-3-2-4-14(9-12)16(18)19/h2-9,11,17H,10H2,1H3. The largest absolute Gasteiger partial charge is 0.389 e. The Morgan fingerprint density at radius 2 is 1.95 bits per heavy atom. The molecule has 0 saturated carbocycles. The zero-order valence-electron chi connectivity index (χ0n) is 11.0. The van der Waals surface area contributed by atoms with Gasteiger partial charge in [-0.25, -0.2) is 0 Å². The van der Waals surface area contributed by atoms with Crippen molar-refractivity contribution in [2.45, 2.75) is 23.7 Å². The van der Waals surface area contributed by atoms with Crippen LogP contribution in [0.25, 0.3) is 0 Å². The van der Waals surface area contributed by atoms with Gasteiger partial charge in [0.25, 0.3) is 5.69 Å². The Labute approximate surface area is 121 Å². The van der Waals surface area contributed by atoms with E-state index in [1.807, 2.05) is 30.3 Å². The van der Waals surface area contributed by atoms with Gasteiger partial charge in [0.15, 0.2) is 0 Å². The first-order valence-corrected chi connectivity index (χ1v) is 7.19. The van der Waals surface area contributed by atoms with Crippen molar-refractivity contribution in [3.63, 3.8) is 0 Å². The minimum atomic E-state index is -0.467. The maximum atomic E-state index is 10.7. The Bertz CT molecular complexity index is 596. The fraction of sp³-hybridized carbons (Fsp3) is 0.200. The van der Waals surface area contributed by atoms with Crippen molar-refractivity contribution in [1.82, 2.24) is 0 Å². The second kappa shape index (κ2) is 6.54. The molecule has 104 valence electrons. The molecule has 0 heterocycles. The number of hydrogen-bond acceptors (Lipinski definition) is 4. The van der Waals surface area contributed by atoms with Gasteiger partial charge >= 0.3 is 0 Å². The topological polar surface area (TPSA) is 63.4 Å². The molecule has 0 aliphatic heterocycles. The van der Waals surface area contributed by atoms with Gasteiger partial charge in [0, 0.05) is 22.8 Å². The van der Waals surface area contributed by atoms with Crippen LogP contribution in [0.5, 0.6) is 0 Å². The van der Waals surface area contributed by atoms with Gasteiger partial charge in [-0.1, -0.05) is 24.3 Å². The molecule has 20 heavy (non-hydrogen) atoms. The fourth-order valence-electron chi connectivity index (χ4n) is 1.77. The normalized spacial score (nSPS) is 12.1. The molecule has 0 saturated heterocycles. The summed E-state index contributed by atoms with van der Waals surface area (Å²) >= 11 is 1.61. The van der Waals surface area contributed by atoms with Gasteiger partial charge in [-0.2, -0.15) is 0 Å². The van der Waals surface area contributed by atoms with Crippen LogP contribution >= 0.6 is 11.8 Å². The Kier molecular flexibility index (Phi) is 4.76. The number of non-ortho nitro benzene ring substituents is 1. The molecule has 1 N–H and O–H groups in total. The molecule has 0 aliphatic carbocycles. The summed E-state index contributed by atoms with van der Waals surface area (Å²) in [7, 11) is 0. The lowest BCUT2D eigenvalue weighted by atomic mass is 10.1. The summed E-state index contributed by atoms with van der Waals surface area (Å²) in [4.78, 5) is 11.4. The molecular formula is C15H15NO3S. The predicted molar refractivity (Wildman–Crippen MR) is 79.7 cm³/mol. The molecule has 2 aromatic carbocycles. The molecule has 0 amide bonds. The highest BCUT2D eigenvalue weighted by Gasteiger charge is 2.06. The smallest absolute Gasteiger partial charge is 0.269 e. The van der Waals surface area contributed by atoms with Crippen molar-refractivity contribution < 1.29 is 10.0 Å². The summed E-state index contributed by atoms with van der Waals surface area (Å²) < 4.78 is 0. The van der Waals surface area contributed by atoms with Crippen LogP contribution in [-0.2, 0) is 5.75 Å². The van der Waals surface area contributed by atoms with Gasteiger partial charge in [-0.15, -0.1) is 11.8 Å². The minimum absolute atomic E-state index is 0.118. The highest BCUT2D eigenvalue weighted by Crippen LogP contribution is 2.25. The summed E-state index contributed by atoms with van der Waals surface area (Å²) in [5.41, 5.74) is 1.92. The van der Waals surface area contributed by atoms with E-state index in [9.17, 15) is 15.2 Å². The molecule has 1 unspecified atom stereocenters. The lowest BCUT2D eigenvalue weighted by molar-refractivity contribution is -0.384. The van der Waals surface area contributed by atoms with Crippen molar-refractivity contribution >= 4 is 17.4 Å². The van der Waals surface area contributed by atoms with Crippen LogP contribution in [0.15, 0.2) is 53.4 Å². The van der Waals surface area contributed by atoms with Crippen molar-refractivity contribution in [2.24, 2.45) is 0 Å². The summed E-state index contributed by atoms with van der Waals surface area (Å²) in [5.74, 6) is 0.676. The zero-order valence-corrected chi connectivity index (χ0v) is 11.8. The monoisotopic (exact) mass is 289 g/mol. The molecule has 1 atom stereocenters.